The van der Waals surface area contributed by atoms with Crippen molar-refractivity contribution >= 4 is 11.8 Å². The summed E-state index contributed by atoms with van der Waals surface area (Å²) in [5, 5.41) is 26.5. The Bertz CT molecular complexity index is 611. The van der Waals surface area contributed by atoms with Crippen LogP contribution in [0.2, 0.25) is 0 Å². The third kappa shape index (κ3) is 3.60. The van der Waals surface area contributed by atoms with Crippen LogP contribution in [-0.2, 0) is 0 Å². The summed E-state index contributed by atoms with van der Waals surface area (Å²) in [7, 11) is 0. The maximum Gasteiger partial charge on any atom is 0.224 e. The largest absolute Gasteiger partial charge is 0.396 e. The molecule has 2 saturated carbocycles. The molecule has 0 radical (unpaired) electrons. The van der Waals surface area contributed by atoms with Crippen LogP contribution in [-0.4, -0.2) is 45.5 Å². The van der Waals surface area contributed by atoms with Gasteiger partial charge in [0.1, 0.15) is 5.82 Å². The van der Waals surface area contributed by atoms with E-state index in [2.05, 4.69) is 29.5 Å². The molecule has 1 aromatic heterocycles. The van der Waals surface area contributed by atoms with Gasteiger partial charge in [-0.25, -0.2) is 4.98 Å². The molecular formula is C19H32N4O2. The van der Waals surface area contributed by atoms with Crippen LogP contribution in [0, 0.1) is 17.8 Å². The van der Waals surface area contributed by atoms with Crippen LogP contribution in [0.15, 0.2) is 6.20 Å². The lowest BCUT2D eigenvalue weighted by atomic mass is 9.86. The van der Waals surface area contributed by atoms with Crippen molar-refractivity contribution in [2.24, 2.45) is 10.8 Å². The number of rotatable bonds is 6. The van der Waals surface area contributed by atoms with Gasteiger partial charge in [0.15, 0.2) is 0 Å². The van der Waals surface area contributed by atoms with Crippen LogP contribution >= 0.6 is 0 Å². The average Bonchev–Trinajstić information content (AvgIpc) is 3.15. The van der Waals surface area contributed by atoms with Crippen LogP contribution in [0.3, 0.4) is 0 Å². The van der Waals surface area contributed by atoms with Gasteiger partial charge in [0.2, 0.25) is 5.95 Å². The summed E-state index contributed by atoms with van der Waals surface area (Å²) in [6, 6.07) is 0.426. The first-order chi connectivity index (χ1) is 11.9. The van der Waals surface area contributed by atoms with Crippen molar-refractivity contribution in [1.82, 2.24) is 9.97 Å². The molecule has 0 amide bonds. The summed E-state index contributed by atoms with van der Waals surface area (Å²) in [5.74, 6) is 1.45. The Morgan fingerprint density at radius 3 is 2.16 bits per heavy atom. The predicted octanol–water partition coefficient (Wildman–Crippen LogP) is 2.71. The molecule has 25 heavy (non-hydrogen) atoms. The molecule has 4 atom stereocenters. The van der Waals surface area contributed by atoms with Gasteiger partial charge in [-0.2, -0.15) is 4.98 Å². The van der Waals surface area contributed by atoms with Gasteiger partial charge in [0.25, 0.3) is 0 Å². The predicted molar refractivity (Wildman–Crippen MR) is 99.7 cm³/mol. The molecule has 0 aromatic carbocycles. The Hall–Kier alpha value is -1.40. The van der Waals surface area contributed by atoms with Gasteiger partial charge in [-0.1, -0.05) is 26.7 Å². The maximum absolute atomic E-state index is 9.76. The molecule has 0 bridgehead atoms. The first kappa shape index (κ1) is 18.4. The van der Waals surface area contributed by atoms with Crippen molar-refractivity contribution in [3.8, 4) is 0 Å². The van der Waals surface area contributed by atoms with Gasteiger partial charge < -0.3 is 20.8 Å². The van der Waals surface area contributed by atoms with Crippen LogP contribution < -0.4 is 10.6 Å². The Morgan fingerprint density at radius 1 is 1.04 bits per heavy atom. The third-order valence-corrected chi connectivity index (χ3v) is 6.47. The standard InChI is InChI=1S/C19H32N4O2/c1-13-10-20-17(22-15-7-5-9-19(15,3)12-25)23-16(13)21-14-6-4-8-18(14,2)11-24/h10,14-15,24-25H,4-9,11-12H2,1-3H3,(H2,20,21,22,23). The molecular weight excluding hydrogens is 316 g/mol. The Balaban J connectivity index is 1.75. The Morgan fingerprint density at radius 2 is 1.60 bits per heavy atom. The van der Waals surface area contributed by atoms with Gasteiger partial charge in [-0.15, -0.1) is 0 Å². The normalized spacial score (nSPS) is 35.1. The first-order valence-corrected chi connectivity index (χ1v) is 9.49. The second-order valence-electron chi connectivity index (χ2n) is 8.53. The number of hydrogen-bond acceptors (Lipinski definition) is 6. The number of aliphatic hydroxyl groups is 2. The lowest BCUT2D eigenvalue weighted by Gasteiger charge is -2.32. The Kier molecular flexibility index (Phi) is 5.21. The monoisotopic (exact) mass is 348 g/mol. The van der Waals surface area contributed by atoms with E-state index in [1.54, 1.807) is 0 Å². The van der Waals surface area contributed by atoms with Crippen LogP contribution in [0.5, 0.6) is 0 Å². The highest BCUT2D eigenvalue weighted by molar-refractivity contribution is 5.48. The van der Waals surface area contributed by atoms with E-state index in [1.807, 2.05) is 13.1 Å². The second kappa shape index (κ2) is 7.08. The summed E-state index contributed by atoms with van der Waals surface area (Å²) in [5.41, 5.74) is 0.809. The van der Waals surface area contributed by atoms with E-state index < -0.39 is 0 Å². The van der Waals surface area contributed by atoms with E-state index in [0.717, 1.165) is 49.9 Å². The molecule has 4 N–H and O–H groups in total. The fourth-order valence-corrected chi connectivity index (χ4v) is 4.32. The summed E-state index contributed by atoms with van der Waals surface area (Å²) in [4.78, 5) is 9.14. The van der Waals surface area contributed by atoms with Crippen molar-refractivity contribution in [2.75, 3.05) is 23.8 Å². The zero-order chi connectivity index (χ0) is 18.1. The highest BCUT2D eigenvalue weighted by Crippen LogP contribution is 2.40. The molecule has 4 unspecified atom stereocenters. The van der Waals surface area contributed by atoms with E-state index >= 15 is 0 Å². The second-order valence-corrected chi connectivity index (χ2v) is 8.53. The lowest BCUT2D eigenvalue weighted by molar-refractivity contribution is 0.138. The SMILES string of the molecule is Cc1cnc(NC2CCCC2(C)CO)nc1NC1CCCC1(C)CO. The number of nitrogens with one attached hydrogen (secondary N) is 2. The molecule has 0 spiro atoms. The number of aliphatic hydroxyl groups excluding tert-OH is 2. The minimum absolute atomic E-state index is 0.0914. The molecule has 140 valence electrons. The highest BCUT2D eigenvalue weighted by Gasteiger charge is 2.40. The zero-order valence-corrected chi connectivity index (χ0v) is 15.7. The fraction of sp³-hybridized carbons (Fsp3) is 0.789. The highest BCUT2D eigenvalue weighted by atomic mass is 16.3. The summed E-state index contributed by atoms with van der Waals surface area (Å²) in [6.45, 7) is 6.63. The average molecular weight is 348 g/mol. The van der Waals surface area contributed by atoms with E-state index in [-0.39, 0.29) is 36.1 Å². The molecule has 3 rings (SSSR count). The number of hydrogen-bond donors (Lipinski definition) is 4. The first-order valence-electron chi connectivity index (χ1n) is 9.49. The maximum atomic E-state index is 9.76. The summed E-state index contributed by atoms with van der Waals surface area (Å²) < 4.78 is 0. The van der Waals surface area contributed by atoms with Crippen molar-refractivity contribution in [3.63, 3.8) is 0 Å². The molecule has 0 saturated heterocycles. The van der Waals surface area contributed by atoms with Gasteiger partial charge in [0, 0.05) is 34.7 Å². The van der Waals surface area contributed by atoms with Crippen LogP contribution in [0.1, 0.15) is 57.9 Å². The quantitative estimate of drug-likeness (QED) is 0.632. The number of nitrogens with zero attached hydrogens (tertiary/aromatic N) is 2. The molecule has 2 aliphatic rings. The van der Waals surface area contributed by atoms with E-state index in [1.165, 1.54) is 0 Å². The number of anilines is 2. The molecule has 1 aromatic rings. The molecule has 0 aliphatic heterocycles. The fourth-order valence-electron chi connectivity index (χ4n) is 4.32. The minimum Gasteiger partial charge on any atom is -0.396 e. The van der Waals surface area contributed by atoms with Gasteiger partial charge >= 0.3 is 0 Å². The van der Waals surface area contributed by atoms with Gasteiger partial charge in [-0.3, -0.25) is 0 Å². The third-order valence-electron chi connectivity index (χ3n) is 6.47. The van der Waals surface area contributed by atoms with Crippen molar-refractivity contribution in [2.45, 2.75) is 71.4 Å². The van der Waals surface area contributed by atoms with Gasteiger partial charge in [-0.05, 0) is 32.6 Å². The zero-order valence-electron chi connectivity index (χ0n) is 15.7. The van der Waals surface area contributed by atoms with Crippen LogP contribution in [0.25, 0.3) is 0 Å². The minimum atomic E-state index is -0.108. The number of aryl methyl sites for hydroxylation is 1. The van der Waals surface area contributed by atoms with E-state index in [4.69, 9.17) is 4.98 Å². The molecule has 2 fully saturated rings. The van der Waals surface area contributed by atoms with Gasteiger partial charge in [0.05, 0.1) is 13.2 Å². The molecule has 6 nitrogen and oxygen atoms in total. The molecule has 6 heteroatoms. The Labute approximate surface area is 150 Å². The van der Waals surface area contributed by atoms with Crippen molar-refractivity contribution < 1.29 is 10.2 Å². The van der Waals surface area contributed by atoms with Crippen molar-refractivity contribution in [3.05, 3.63) is 11.8 Å². The van der Waals surface area contributed by atoms with E-state index in [9.17, 15) is 10.2 Å². The van der Waals surface area contributed by atoms with Crippen molar-refractivity contribution in [1.29, 1.82) is 0 Å². The topological polar surface area (TPSA) is 90.3 Å². The molecule has 1 heterocycles. The summed E-state index contributed by atoms with van der Waals surface area (Å²) in [6.07, 6.45) is 8.22. The smallest absolute Gasteiger partial charge is 0.224 e. The van der Waals surface area contributed by atoms with Crippen LogP contribution in [0.4, 0.5) is 11.8 Å². The lowest BCUT2D eigenvalue weighted by Crippen LogP contribution is -2.38. The van der Waals surface area contributed by atoms with E-state index in [0.29, 0.717) is 5.95 Å². The summed E-state index contributed by atoms with van der Waals surface area (Å²) >= 11 is 0. The number of aromatic nitrogens is 2. The molecule has 2 aliphatic carbocycles.